The van der Waals surface area contributed by atoms with Gasteiger partial charge in [-0.1, -0.05) is 29.5 Å². The molecule has 4 rings (SSSR count). The van der Waals surface area contributed by atoms with Crippen LogP contribution in [0.25, 0.3) is 6.08 Å². The lowest BCUT2D eigenvalue weighted by molar-refractivity contribution is -0.139. The fourth-order valence-corrected chi connectivity index (χ4v) is 5.36. The van der Waals surface area contributed by atoms with Crippen molar-refractivity contribution in [1.29, 1.82) is 0 Å². The second-order valence-corrected chi connectivity index (χ2v) is 9.38. The van der Waals surface area contributed by atoms with E-state index in [2.05, 4.69) is 4.99 Å². The third kappa shape index (κ3) is 5.04. The molecular formula is C28H30N2O6S. The zero-order valence-corrected chi connectivity index (χ0v) is 22.6. The predicted molar refractivity (Wildman–Crippen MR) is 142 cm³/mol. The number of rotatable bonds is 8. The van der Waals surface area contributed by atoms with Crippen molar-refractivity contribution < 1.29 is 23.7 Å². The molecule has 194 valence electrons. The highest BCUT2D eigenvalue weighted by molar-refractivity contribution is 7.07. The number of methoxy groups -OCH3 is 2. The molecule has 0 radical (unpaired) electrons. The number of aromatic nitrogens is 1. The van der Waals surface area contributed by atoms with Crippen molar-refractivity contribution in [2.45, 2.75) is 33.7 Å². The van der Waals surface area contributed by atoms with Crippen LogP contribution in [-0.2, 0) is 9.53 Å². The van der Waals surface area contributed by atoms with E-state index in [9.17, 15) is 9.59 Å². The van der Waals surface area contributed by atoms with Crippen molar-refractivity contribution >= 4 is 23.4 Å². The number of aryl methyl sites for hydroxylation is 1. The molecule has 3 aromatic rings. The number of nitrogens with zero attached hydrogens (tertiary/aromatic N) is 2. The topological polar surface area (TPSA) is 88.4 Å². The molecule has 1 aliphatic rings. The zero-order chi connectivity index (χ0) is 26.7. The van der Waals surface area contributed by atoms with Gasteiger partial charge in [-0.3, -0.25) is 9.36 Å². The summed E-state index contributed by atoms with van der Waals surface area (Å²) < 4.78 is 24.1. The molecule has 0 saturated carbocycles. The van der Waals surface area contributed by atoms with E-state index in [1.54, 1.807) is 44.8 Å². The van der Waals surface area contributed by atoms with Gasteiger partial charge in [0.25, 0.3) is 5.56 Å². The van der Waals surface area contributed by atoms with E-state index in [1.807, 2.05) is 44.2 Å². The highest BCUT2D eigenvalue weighted by atomic mass is 32.1. The first-order chi connectivity index (χ1) is 17.8. The fourth-order valence-electron chi connectivity index (χ4n) is 4.32. The molecule has 1 atom stereocenters. The molecule has 37 heavy (non-hydrogen) atoms. The summed E-state index contributed by atoms with van der Waals surface area (Å²) in [6.45, 7) is 7.98. The van der Waals surface area contributed by atoms with E-state index in [1.165, 1.54) is 11.3 Å². The maximum atomic E-state index is 13.8. The Kier molecular flexibility index (Phi) is 7.83. The molecule has 0 aliphatic carbocycles. The Morgan fingerprint density at radius 1 is 1.03 bits per heavy atom. The van der Waals surface area contributed by atoms with E-state index >= 15 is 0 Å². The number of hydrogen-bond acceptors (Lipinski definition) is 8. The Morgan fingerprint density at radius 3 is 2.46 bits per heavy atom. The SMILES string of the molecule is CCOC(=O)C1=C(C)N=c2s/c(=C\c3ccc(C)c(OC)c3)c(=O)n2[C@H]1c1ccc(OC)c(OCC)c1. The molecule has 0 N–H and O–H groups in total. The molecule has 1 aromatic heterocycles. The Labute approximate surface area is 219 Å². The maximum Gasteiger partial charge on any atom is 0.338 e. The number of hydrogen-bond donors (Lipinski definition) is 0. The summed E-state index contributed by atoms with van der Waals surface area (Å²) in [5, 5.41) is 0. The second-order valence-electron chi connectivity index (χ2n) is 8.37. The summed E-state index contributed by atoms with van der Waals surface area (Å²) in [6.07, 6.45) is 1.81. The van der Waals surface area contributed by atoms with Crippen LogP contribution in [0.4, 0.5) is 0 Å². The van der Waals surface area contributed by atoms with E-state index < -0.39 is 12.0 Å². The first kappa shape index (κ1) is 26.2. The summed E-state index contributed by atoms with van der Waals surface area (Å²) in [4.78, 5) is 32.1. The summed E-state index contributed by atoms with van der Waals surface area (Å²) in [5.74, 6) is 1.31. The minimum Gasteiger partial charge on any atom is -0.496 e. The van der Waals surface area contributed by atoms with Gasteiger partial charge in [0.05, 0.1) is 49.3 Å². The van der Waals surface area contributed by atoms with Crippen LogP contribution in [0.15, 0.2) is 57.5 Å². The molecule has 2 heterocycles. The van der Waals surface area contributed by atoms with Crippen molar-refractivity contribution in [2.24, 2.45) is 4.99 Å². The van der Waals surface area contributed by atoms with Crippen molar-refractivity contribution in [1.82, 2.24) is 4.57 Å². The number of thiazole rings is 1. The average molecular weight is 523 g/mol. The molecule has 0 amide bonds. The average Bonchev–Trinajstić information content (AvgIpc) is 3.18. The van der Waals surface area contributed by atoms with Gasteiger partial charge in [-0.25, -0.2) is 9.79 Å². The largest absolute Gasteiger partial charge is 0.496 e. The number of carbonyl (C=O) groups excluding carboxylic acids is 1. The van der Waals surface area contributed by atoms with Crippen LogP contribution in [0.3, 0.4) is 0 Å². The smallest absolute Gasteiger partial charge is 0.338 e. The monoisotopic (exact) mass is 522 g/mol. The standard InChI is InChI=1S/C28H30N2O6S/c1-7-35-22-15-19(11-12-20(22)33-5)25-24(27(32)36-8-2)17(4)29-28-30(25)26(31)23(37-28)14-18-10-9-16(3)21(13-18)34-6/h9-15,25H,7-8H2,1-6H3/b23-14-/t25-/m0/s1. The number of benzene rings is 2. The lowest BCUT2D eigenvalue weighted by Gasteiger charge is -2.25. The van der Waals surface area contributed by atoms with E-state index in [-0.39, 0.29) is 12.2 Å². The molecule has 2 aromatic carbocycles. The first-order valence-electron chi connectivity index (χ1n) is 12.0. The van der Waals surface area contributed by atoms with Gasteiger partial charge < -0.3 is 18.9 Å². The maximum absolute atomic E-state index is 13.8. The van der Waals surface area contributed by atoms with Crippen molar-refractivity contribution in [3.63, 3.8) is 0 Å². The molecule has 8 nitrogen and oxygen atoms in total. The molecule has 9 heteroatoms. The minimum atomic E-state index is -0.741. The molecular weight excluding hydrogens is 492 g/mol. The number of carbonyl (C=O) groups is 1. The van der Waals surface area contributed by atoms with Crippen LogP contribution in [0.5, 0.6) is 17.2 Å². The number of allylic oxidation sites excluding steroid dienone is 1. The summed E-state index contributed by atoms with van der Waals surface area (Å²) >= 11 is 1.27. The van der Waals surface area contributed by atoms with Crippen LogP contribution < -0.4 is 29.1 Å². The number of esters is 1. The van der Waals surface area contributed by atoms with Crippen LogP contribution in [0.2, 0.25) is 0 Å². The van der Waals surface area contributed by atoms with Gasteiger partial charge in [0.1, 0.15) is 5.75 Å². The zero-order valence-electron chi connectivity index (χ0n) is 21.8. The van der Waals surface area contributed by atoms with Gasteiger partial charge in [0.2, 0.25) is 0 Å². The Morgan fingerprint density at radius 2 is 1.78 bits per heavy atom. The molecule has 0 spiro atoms. The predicted octanol–water partition coefficient (Wildman–Crippen LogP) is 3.52. The minimum absolute atomic E-state index is 0.203. The summed E-state index contributed by atoms with van der Waals surface area (Å²) in [7, 11) is 3.18. The third-order valence-electron chi connectivity index (χ3n) is 6.05. The lowest BCUT2D eigenvalue weighted by Crippen LogP contribution is -2.40. The molecule has 0 saturated heterocycles. The number of fused-ring (bicyclic) bond motifs is 1. The second kappa shape index (κ2) is 11.0. The molecule has 1 aliphatic heterocycles. The van der Waals surface area contributed by atoms with Gasteiger partial charge in [0, 0.05) is 0 Å². The molecule has 0 unspecified atom stereocenters. The van der Waals surface area contributed by atoms with Gasteiger partial charge >= 0.3 is 5.97 Å². The first-order valence-corrected chi connectivity index (χ1v) is 12.8. The van der Waals surface area contributed by atoms with Crippen LogP contribution in [-0.4, -0.2) is 38.0 Å². The van der Waals surface area contributed by atoms with Crippen molar-refractivity contribution in [3.8, 4) is 17.2 Å². The van der Waals surface area contributed by atoms with Gasteiger partial charge in [-0.2, -0.15) is 0 Å². The quantitative estimate of drug-likeness (QED) is 0.421. The fraction of sp³-hybridized carbons (Fsp3) is 0.321. The van der Waals surface area contributed by atoms with Crippen LogP contribution in [0.1, 0.15) is 43.5 Å². The van der Waals surface area contributed by atoms with E-state index in [0.717, 1.165) is 16.9 Å². The summed E-state index contributed by atoms with van der Waals surface area (Å²) in [6, 6.07) is 10.4. The highest BCUT2D eigenvalue weighted by Crippen LogP contribution is 2.36. The van der Waals surface area contributed by atoms with E-state index in [0.29, 0.717) is 44.3 Å². The molecule has 0 fully saturated rings. The molecule has 0 bridgehead atoms. The highest BCUT2D eigenvalue weighted by Gasteiger charge is 2.34. The van der Waals surface area contributed by atoms with Crippen molar-refractivity contribution in [2.75, 3.05) is 27.4 Å². The lowest BCUT2D eigenvalue weighted by atomic mass is 9.95. The third-order valence-corrected chi connectivity index (χ3v) is 7.03. The van der Waals surface area contributed by atoms with Crippen LogP contribution >= 0.6 is 11.3 Å². The van der Waals surface area contributed by atoms with Gasteiger partial charge in [-0.15, -0.1) is 0 Å². The van der Waals surface area contributed by atoms with E-state index in [4.69, 9.17) is 18.9 Å². The Balaban J connectivity index is 1.95. The number of ether oxygens (including phenoxy) is 4. The van der Waals surface area contributed by atoms with Gasteiger partial charge in [0.15, 0.2) is 16.3 Å². The van der Waals surface area contributed by atoms with Gasteiger partial charge in [-0.05, 0) is 68.7 Å². The van der Waals surface area contributed by atoms with Crippen molar-refractivity contribution in [3.05, 3.63) is 84.0 Å². The Bertz CT molecular complexity index is 1550. The summed E-state index contributed by atoms with van der Waals surface area (Å²) in [5.41, 5.74) is 3.07. The Hall–Kier alpha value is -3.85. The van der Waals surface area contributed by atoms with Crippen LogP contribution in [0, 0.1) is 6.92 Å². The normalized spacial score (nSPS) is 15.2.